The minimum absolute atomic E-state index is 0.0171. The number of benzene rings is 1. The molecule has 1 saturated heterocycles. The quantitative estimate of drug-likeness (QED) is 0.320. The van der Waals surface area contributed by atoms with Crippen molar-refractivity contribution in [2.45, 2.75) is 6.04 Å². The van der Waals surface area contributed by atoms with E-state index in [1.165, 1.54) is 11.2 Å². The van der Waals surface area contributed by atoms with E-state index in [9.17, 15) is 14.7 Å². The van der Waals surface area contributed by atoms with Gasteiger partial charge in [0, 0.05) is 18.7 Å². The summed E-state index contributed by atoms with van der Waals surface area (Å²) in [7, 11) is 3.77. The minimum atomic E-state index is -0.776. The van der Waals surface area contributed by atoms with Gasteiger partial charge in [-0.3, -0.25) is 9.59 Å². The molecule has 0 radical (unpaired) electrons. The molecule has 1 fully saturated rings. The van der Waals surface area contributed by atoms with Crippen LogP contribution in [-0.4, -0.2) is 60.4 Å². The molecule has 0 saturated carbocycles. The molecule has 1 aliphatic heterocycles. The van der Waals surface area contributed by atoms with Gasteiger partial charge < -0.3 is 24.1 Å². The molecule has 2 aromatic rings. The van der Waals surface area contributed by atoms with E-state index < -0.39 is 17.7 Å². The Kier molecular flexibility index (Phi) is 6.19. The van der Waals surface area contributed by atoms with Crippen molar-refractivity contribution in [1.29, 1.82) is 0 Å². The second-order valence-electron chi connectivity index (χ2n) is 6.94. The van der Waals surface area contributed by atoms with E-state index in [2.05, 4.69) is 6.58 Å². The van der Waals surface area contributed by atoms with Crippen molar-refractivity contribution in [3.63, 3.8) is 0 Å². The van der Waals surface area contributed by atoms with Gasteiger partial charge in [0.15, 0.2) is 0 Å². The standard InChI is InChI=1S/C22H24N2O5/c1-4-13-28-16-9-7-15(8-10-16)20(25)18-19(17-6-5-14-29-17)24(12-11-23(2)3)22(27)21(18)26/h4-10,14,19,25H,1,11-13H2,2-3H3/b20-18+/t19-/m1/s1. The molecule has 1 N–H and O–H groups in total. The van der Waals surface area contributed by atoms with Crippen molar-refractivity contribution < 1.29 is 23.8 Å². The normalized spacial score (nSPS) is 18.4. The number of carbonyl (C=O) groups excluding carboxylic acids is 2. The lowest BCUT2D eigenvalue weighted by Gasteiger charge is -2.24. The number of carbonyl (C=O) groups is 2. The number of aliphatic hydroxyl groups excluding tert-OH is 1. The molecule has 152 valence electrons. The summed E-state index contributed by atoms with van der Waals surface area (Å²) >= 11 is 0. The fourth-order valence-corrected chi connectivity index (χ4v) is 3.18. The zero-order chi connectivity index (χ0) is 21.0. The summed E-state index contributed by atoms with van der Waals surface area (Å²) in [6, 6.07) is 9.25. The van der Waals surface area contributed by atoms with E-state index in [1.54, 1.807) is 42.5 Å². The third kappa shape index (κ3) is 4.25. The highest BCUT2D eigenvalue weighted by Gasteiger charge is 2.47. The van der Waals surface area contributed by atoms with E-state index in [4.69, 9.17) is 9.15 Å². The van der Waals surface area contributed by atoms with Crippen LogP contribution in [0.1, 0.15) is 17.4 Å². The van der Waals surface area contributed by atoms with Gasteiger partial charge in [-0.2, -0.15) is 0 Å². The molecule has 1 aliphatic rings. The van der Waals surface area contributed by atoms with E-state index in [0.29, 0.717) is 36.8 Å². The van der Waals surface area contributed by atoms with Gasteiger partial charge in [0.25, 0.3) is 11.7 Å². The van der Waals surface area contributed by atoms with Crippen LogP contribution in [0.3, 0.4) is 0 Å². The number of likely N-dealkylation sites (tertiary alicyclic amines) is 1. The van der Waals surface area contributed by atoms with Crippen molar-refractivity contribution in [1.82, 2.24) is 9.80 Å². The lowest BCUT2D eigenvalue weighted by Crippen LogP contribution is -2.35. The predicted octanol–water partition coefficient (Wildman–Crippen LogP) is 2.83. The van der Waals surface area contributed by atoms with Crippen LogP contribution in [0.25, 0.3) is 5.76 Å². The van der Waals surface area contributed by atoms with Crippen molar-refractivity contribution in [2.24, 2.45) is 0 Å². The van der Waals surface area contributed by atoms with Crippen LogP contribution in [0, 0.1) is 0 Å². The van der Waals surface area contributed by atoms with Gasteiger partial charge in [0.1, 0.15) is 29.9 Å². The highest BCUT2D eigenvalue weighted by atomic mass is 16.5. The third-order valence-corrected chi connectivity index (χ3v) is 4.64. The highest BCUT2D eigenvalue weighted by molar-refractivity contribution is 6.46. The lowest BCUT2D eigenvalue weighted by atomic mass is 9.99. The lowest BCUT2D eigenvalue weighted by molar-refractivity contribution is -0.140. The Morgan fingerprint density at radius 2 is 2.00 bits per heavy atom. The molecule has 29 heavy (non-hydrogen) atoms. The number of rotatable bonds is 8. The molecular formula is C22H24N2O5. The van der Waals surface area contributed by atoms with E-state index in [1.807, 2.05) is 19.0 Å². The Morgan fingerprint density at radius 1 is 1.28 bits per heavy atom. The maximum absolute atomic E-state index is 12.8. The fourth-order valence-electron chi connectivity index (χ4n) is 3.18. The number of hydrogen-bond donors (Lipinski definition) is 1. The Morgan fingerprint density at radius 3 is 2.59 bits per heavy atom. The first-order valence-corrected chi connectivity index (χ1v) is 9.24. The van der Waals surface area contributed by atoms with Crippen molar-refractivity contribution in [3.05, 3.63) is 72.2 Å². The molecule has 1 atom stereocenters. The zero-order valence-electron chi connectivity index (χ0n) is 16.5. The van der Waals surface area contributed by atoms with Crippen molar-refractivity contribution >= 4 is 17.4 Å². The Hall–Kier alpha value is -3.32. The summed E-state index contributed by atoms with van der Waals surface area (Å²) in [5.41, 5.74) is 0.432. The number of ether oxygens (including phenoxy) is 1. The molecule has 1 amide bonds. The van der Waals surface area contributed by atoms with Gasteiger partial charge in [0.05, 0.1) is 11.8 Å². The minimum Gasteiger partial charge on any atom is -0.507 e. The number of ketones is 1. The smallest absolute Gasteiger partial charge is 0.295 e. The van der Waals surface area contributed by atoms with Crippen LogP contribution in [0.5, 0.6) is 5.75 Å². The SMILES string of the molecule is C=CCOc1ccc(/C(O)=C2\C(=O)C(=O)N(CCN(C)C)[C@@H]2c2ccco2)cc1. The van der Waals surface area contributed by atoms with Crippen LogP contribution in [0.15, 0.2) is 65.3 Å². The number of furan rings is 1. The van der Waals surface area contributed by atoms with E-state index in [0.717, 1.165) is 0 Å². The number of amides is 1. The molecule has 1 aromatic heterocycles. The van der Waals surface area contributed by atoms with Crippen molar-refractivity contribution in [3.8, 4) is 5.75 Å². The molecule has 2 heterocycles. The van der Waals surface area contributed by atoms with Gasteiger partial charge in [-0.15, -0.1) is 0 Å². The van der Waals surface area contributed by atoms with Crippen LogP contribution < -0.4 is 4.74 Å². The van der Waals surface area contributed by atoms with Crippen molar-refractivity contribution in [2.75, 3.05) is 33.8 Å². The maximum atomic E-state index is 12.8. The number of Topliss-reactive ketones (excluding diaryl/α,β-unsaturated/α-hetero) is 1. The molecule has 7 nitrogen and oxygen atoms in total. The van der Waals surface area contributed by atoms with E-state index in [-0.39, 0.29) is 11.3 Å². The predicted molar refractivity (Wildman–Crippen MR) is 108 cm³/mol. The second-order valence-corrected chi connectivity index (χ2v) is 6.94. The number of hydrogen-bond acceptors (Lipinski definition) is 6. The molecule has 0 aliphatic carbocycles. The van der Waals surface area contributed by atoms with Gasteiger partial charge in [-0.25, -0.2) is 0 Å². The maximum Gasteiger partial charge on any atom is 0.295 e. The molecular weight excluding hydrogens is 372 g/mol. The summed E-state index contributed by atoms with van der Waals surface area (Å²) in [5, 5.41) is 10.9. The first-order chi connectivity index (χ1) is 13.9. The molecule has 1 aromatic carbocycles. The van der Waals surface area contributed by atoms with Gasteiger partial charge >= 0.3 is 0 Å². The Balaban J connectivity index is 2.00. The van der Waals surface area contributed by atoms with Crippen LogP contribution >= 0.6 is 0 Å². The highest BCUT2D eigenvalue weighted by Crippen LogP contribution is 2.39. The zero-order valence-corrected chi connectivity index (χ0v) is 16.5. The molecule has 0 bridgehead atoms. The van der Waals surface area contributed by atoms with Crippen LogP contribution in [0.4, 0.5) is 0 Å². The van der Waals surface area contributed by atoms with Gasteiger partial charge in [0.2, 0.25) is 0 Å². The summed E-state index contributed by atoms with van der Waals surface area (Å²) < 4.78 is 10.9. The summed E-state index contributed by atoms with van der Waals surface area (Å²) in [4.78, 5) is 28.8. The molecule has 0 unspecified atom stereocenters. The van der Waals surface area contributed by atoms with Crippen LogP contribution in [0.2, 0.25) is 0 Å². The van der Waals surface area contributed by atoms with Gasteiger partial charge in [-0.1, -0.05) is 12.7 Å². The number of nitrogens with zero attached hydrogens (tertiary/aromatic N) is 2. The van der Waals surface area contributed by atoms with Gasteiger partial charge in [-0.05, 0) is 50.5 Å². The molecule has 3 rings (SSSR count). The Bertz CT molecular complexity index is 913. The summed E-state index contributed by atoms with van der Waals surface area (Å²) in [6.45, 7) is 4.85. The molecule has 7 heteroatoms. The molecule has 0 spiro atoms. The first-order valence-electron chi connectivity index (χ1n) is 9.24. The largest absolute Gasteiger partial charge is 0.507 e. The fraction of sp³-hybridized carbons (Fsp3) is 0.273. The van der Waals surface area contributed by atoms with Crippen LogP contribution in [-0.2, 0) is 9.59 Å². The monoisotopic (exact) mass is 396 g/mol. The number of aliphatic hydroxyl groups is 1. The average Bonchev–Trinajstić information content (AvgIpc) is 3.32. The van der Waals surface area contributed by atoms with E-state index >= 15 is 0 Å². The second kappa shape index (κ2) is 8.79. The summed E-state index contributed by atoms with van der Waals surface area (Å²) in [5.74, 6) is -0.589. The first kappa shape index (κ1) is 20.4. The average molecular weight is 396 g/mol. The topological polar surface area (TPSA) is 83.2 Å². The number of likely N-dealkylation sites (N-methyl/N-ethyl adjacent to an activating group) is 1. The Labute approximate surface area is 169 Å². The summed E-state index contributed by atoms with van der Waals surface area (Å²) in [6.07, 6.45) is 3.11. The third-order valence-electron chi connectivity index (χ3n) is 4.64.